The average Bonchev–Trinajstić information content (AvgIpc) is 3.64. The molecule has 0 aromatic carbocycles. The molecule has 43 heavy (non-hydrogen) atoms. The molecule has 224 valence electrons. The Bertz CT molecular complexity index is 1720. The van der Waals surface area contributed by atoms with E-state index in [-0.39, 0.29) is 31.4 Å². The zero-order valence-corrected chi connectivity index (χ0v) is 25.0. The van der Waals surface area contributed by atoms with Gasteiger partial charge in [0.1, 0.15) is 16.9 Å². The highest BCUT2D eigenvalue weighted by molar-refractivity contribution is 7.59. The molecule has 0 unspecified atom stereocenters. The van der Waals surface area contributed by atoms with Crippen molar-refractivity contribution in [3.05, 3.63) is 78.0 Å². The monoisotopic (exact) mass is 604 g/mol. The number of carbonyl (C=O) groups excluding carboxylic acids is 1. The Balaban J connectivity index is 0.00000368. The summed E-state index contributed by atoms with van der Waals surface area (Å²) in [5, 5.41) is 17.5. The number of ether oxygens (including phenoxy) is 1. The first kappa shape index (κ1) is 30.0. The maximum absolute atomic E-state index is 13.6. The maximum atomic E-state index is 13.6. The number of nitrogens with one attached hydrogen (secondary N) is 3. The van der Waals surface area contributed by atoms with Crippen molar-refractivity contribution >= 4 is 42.1 Å². The number of aryl methyl sites for hydroxylation is 1. The lowest BCUT2D eigenvalue weighted by Gasteiger charge is -2.38. The summed E-state index contributed by atoms with van der Waals surface area (Å²) in [6.07, 6.45) is 9.79. The van der Waals surface area contributed by atoms with Crippen molar-refractivity contribution in [2.45, 2.75) is 57.1 Å². The van der Waals surface area contributed by atoms with E-state index in [9.17, 15) is 9.18 Å². The third-order valence-corrected chi connectivity index (χ3v) is 7.83. The van der Waals surface area contributed by atoms with Crippen LogP contribution >= 0.6 is 13.5 Å². The van der Waals surface area contributed by atoms with Gasteiger partial charge in [-0.2, -0.15) is 23.7 Å². The summed E-state index contributed by atoms with van der Waals surface area (Å²) in [5.74, 6) is 1.25. The van der Waals surface area contributed by atoms with Crippen LogP contribution in [0.15, 0.2) is 55.2 Å². The Morgan fingerprint density at radius 2 is 1.93 bits per heavy atom. The predicted molar refractivity (Wildman–Crippen MR) is 163 cm³/mol. The van der Waals surface area contributed by atoms with Crippen LogP contribution in [0, 0.1) is 12.7 Å². The van der Waals surface area contributed by atoms with Crippen LogP contribution in [0.5, 0.6) is 0 Å². The summed E-state index contributed by atoms with van der Waals surface area (Å²) in [4.78, 5) is 32.0. The summed E-state index contributed by atoms with van der Waals surface area (Å²) in [5.41, 5.74) is 3.12. The molecule has 5 heterocycles. The minimum Gasteiger partial charge on any atom is -0.368 e. The quantitative estimate of drug-likeness (QED) is 0.232. The van der Waals surface area contributed by atoms with Crippen LogP contribution in [0.2, 0.25) is 0 Å². The van der Waals surface area contributed by atoms with Crippen LogP contribution in [0.4, 0.5) is 16.0 Å². The molecule has 14 heteroatoms. The number of rotatable bonds is 8. The predicted octanol–water partition coefficient (Wildman–Crippen LogP) is 4.55. The first-order valence-electron chi connectivity index (χ1n) is 13.8. The van der Waals surface area contributed by atoms with Crippen LogP contribution in [-0.2, 0) is 9.53 Å². The number of aromatic nitrogens is 8. The molecule has 0 bridgehead atoms. The number of anilines is 2. The Hall–Kier alpha value is -4.43. The molecule has 5 aromatic rings. The van der Waals surface area contributed by atoms with Crippen LogP contribution in [0.3, 0.4) is 0 Å². The van der Waals surface area contributed by atoms with E-state index in [0.29, 0.717) is 43.1 Å². The van der Waals surface area contributed by atoms with Crippen molar-refractivity contribution in [2.75, 3.05) is 12.4 Å². The number of hydrogen-bond acceptors (Lipinski definition) is 9. The Labute approximate surface area is 254 Å². The molecule has 12 nitrogen and oxygen atoms in total. The Morgan fingerprint density at radius 1 is 1.14 bits per heavy atom. The van der Waals surface area contributed by atoms with E-state index < -0.39 is 11.4 Å². The molecule has 1 saturated carbocycles. The van der Waals surface area contributed by atoms with Crippen molar-refractivity contribution in [1.82, 2.24) is 45.2 Å². The van der Waals surface area contributed by atoms with E-state index in [0.717, 1.165) is 34.2 Å². The highest BCUT2D eigenvalue weighted by Crippen LogP contribution is 2.41. The first-order chi connectivity index (χ1) is 20.3. The molecule has 0 radical (unpaired) electrons. The number of carbonyl (C=O) groups is 1. The van der Waals surface area contributed by atoms with Gasteiger partial charge in [-0.1, -0.05) is 6.07 Å². The lowest BCUT2D eigenvalue weighted by molar-refractivity contribution is -0.148. The van der Waals surface area contributed by atoms with E-state index >= 15 is 0 Å². The van der Waals surface area contributed by atoms with E-state index in [1.165, 1.54) is 10.9 Å². The lowest BCUT2D eigenvalue weighted by Crippen LogP contribution is -2.50. The number of fused-ring (bicyclic) bond motifs is 1. The van der Waals surface area contributed by atoms with Crippen molar-refractivity contribution in [3.63, 3.8) is 0 Å². The highest BCUT2D eigenvalue weighted by Gasteiger charge is 2.43. The molecule has 1 amide bonds. The zero-order chi connectivity index (χ0) is 29.3. The van der Waals surface area contributed by atoms with Gasteiger partial charge in [-0.25, -0.2) is 19.0 Å². The minimum absolute atomic E-state index is 0. The molecule has 3 N–H and O–H groups in total. The van der Waals surface area contributed by atoms with Gasteiger partial charge in [0, 0.05) is 49.4 Å². The lowest BCUT2D eigenvalue weighted by atomic mass is 9.76. The zero-order valence-electron chi connectivity index (χ0n) is 24.0. The summed E-state index contributed by atoms with van der Waals surface area (Å²) in [6.45, 7) is 3.83. The largest absolute Gasteiger partial charge is 0.368 e. The summed E-state index contributed by atoms with van der Waals surface area (Å²) in [7, 11) is 1.58. The number of H-pyrrole nitrogens is 1. The van der Waals surface area contributed by atoms with Gasteiger partial charge in [-0.3, -0.25) is 19.9 Å². The molecule has 1 fully saturated rings. The van der Waals surface area contributed by atoms with Crippen LogP contribution < -0.4 is 10.6 Å². The van der Waals surface area contributed by atoms with Gasteiger partial charge >= 0.3 is 0 Å². The second kappa shape index (κ2) is 12.4. The molecule has 0 spiro atoms. The number of aromatic amines is 1. The van der Waals surface area contributed by atoms with Gasteiger partial charge in [-0.15, -0.1) is 0 Å². The molecule has 1 aliphatic rings. The fourth-order valence-corrected chi connectivity index (χ4v) is 5.47. The number of halogens is 1. The van der Waals surface area contributed by atoms with Gasteiger partial charge in [0.05, 0.1) is 29.6 Å². The fraction of sp³-hybridized carbons (Fsp3) is 0.345. The highest BCUT2D eigenvalue weighted by atomic mass is 32.1. The fourth-order valence-electron chi connectivity index (χ4n) is 5.47. The molecule has 6 rings (SSSR count). The van der Waals surface area contributed by atoms with Gasteiger partial charge in [0.2, 0.25) is 0 Å². The molecular formula is C29H33FN10O2S. The van der Waals surface area contributed by atoms with Gasteiger partial charge in [-0.05, 0) is 51.2 Å². The van der Waals surface area contributed by atoms with Gasteiger partial charge in [0.15, 0.2) is 17.5 Å². The van der Waals surface area contributed by atoms with E-state index in [4.69, 9.17) is 9.72 Å². The van der Waals surface area contributed by atoms with E-state index in [2.05, 4.69) is 40.9 Å². The number of nitrogens with zero attached hydrogens (tertiary/aromatic N) is 7. The van der Waals surface area contributed by atoms with E-state index in [1.54, 1.807) is 31.8 Å². The summed E-state index contributed by atoms with van der Waals surface area (Å²) >= 11 is 0. The SMILES string of the molecule is COC1(C(=O)N[C@@H](C)c2ccc(-n3cc(F)cn3)nc2)CCC(c2nc(Nc3cc(C)[nH]n3)cc3nccnc23)CC1.S. The Morgan fingerprint density at radius 3 is 2.58 bits per heavy atom. The average molecular weight is 605 g/mol. The number of pyridine rings is 2. The van der Waals surface area contributed by atoms with Crippen molar-refractivity contribution in [2.24, 2.45) is 0 Å². The number of hydrogen-bond donors (Lipinski definition) is 3. The number of amides is 1. The third kappa shape index (κ3) is 6.20. The molecule has 1 atom stereocenters. The Kier molecular flexibility index (Phi) is 8.69. The van der Waals surface area contributed by atoms with Crippen LogP contribution in [0.1, 0.15) is 61.5 Å². The normalized spacial score (nSPS) is 19.0. The molecule has 0 saturated heterocycles. The molecule has 5 aromatic heterocycles. The van der Waals surface area contributed by atoms with Crippen molar-refractivity contribution < 1.29 is 13.9 Å². The molecule has 1 aliphatic carbocycles. The second-order valence-electron chi connectivity index (χ2n) is 10.6. The standard InChI is InChI=1S/C29H31FN10O2.H2S/c1-17-12-24(39-38-17)36-23-13-22-27(32-11-10-31-22)26(37-23)19-6-8-29(42-3,9-7-19)28(41)35-18(2)20-4-5-25(33-14-20)40-16-21(30)15-34-40;/h4-5,10-16,18-19H,6-9H2,1-3H3,(H,35,41)(H2,36,37,38,39);1H2/t18-,19?,29?;/m0./s1. The van der Waals surface area contributed by atoms with Gasteiger partial charge in [0.25, 0.3) is 5.91 Å². The van der Waals surface area contributed by atoms with Crippen molar-refractivity contribution in [1.29, 1.82) is 0 Å². The van der Waals surface area contributed by atoms with Gasteiger partial charge < -0.3 is 15.4 Å². The van der Waals surface area contributed by atoms with Crippen molar-refractivity contribution in [3.8, 4) is 5.82 Å². The first-order valence-corrected chi connectivity index (χ1v) is 13.8. The van der Waals surface area contributed by atoms with E-state index in [1.807, 2.05) is 32.0 Å². The third-order valence-electron chi connectivity index (χ3n) is 7.83. The smallest absolute Gasteiger partial charge is 0.252 e. The number of methoxy groups -OCH3 is 1. The van der Waals surface area contributed by atoms with Crippen LogP contribution in [0.25, 0.3) is 16.9 Å². The summed E-state index contributed by atoms with van der Waals surface area (Å²) < 4.78 is 20.6. The molecular weight excluding hydrogens is 571 g/mol. The minimum atomic E-state index is -0.964. The summed E-state index contributed by atoms with van der Waals surface area (Å²) in [6, 6.07) is 7.03. The maximum Gasteiger partial charge on any atom is 0.252 e. The second-order valence-corrected chi connectivity index (χ2v) is 10.6. The topological polar surface area (TPSA) is 148 Å². The van der Waals surface area contributed by atoms with Crippen LogP contribution in [-0.4, -0.2) is 58.5 Å². The molecule has 0 aliphatic heterocycles.